The molecule has 2 unspecified atom stereocenters. The third-order valence-electron chi connectivity index (χ3n) is 3.67. The largest absolute Gasteiger partial charge is 0.384 e. The fourth-order valence-electron chi connectivity index (χ4n) is 2.94. The van der Waals surface area contributed by atoms with Crippen molar-refractivity contribution < 1.29 is 9.53 Å². The van der Waals surface area contributed by atoms with Crippen molar-refractivity contribution in [1.29, 1.82) is 0 Å². The molecule has 1 saturated heterocycles. The second-order valence-corrected chi connectivity index (χ2v) is 4.83. The minimum absolute atomic E-state index is 0.240. The standard InChI is InChI=1S/C12H21NO2/c1-15-9-10-4-3-7-13(8-10)11-5-2-6-12(11)14/h10-11H,2-9H2,1H3. The van der Waals surface area contributed by atoms with E-state index in [-0.39, 0.29) is 6.04 Å². The number of ether oxygens (including phenoxy) is 1. The van der Waals surface area contributed by atoms with Gasteiger partial charge in [-0.15, -0.1) is 0 Å². The highest BCUT2D eigenvalue weighted by Crippen LogP contribution is 2.25. The van der Waals surface area contributed by atoms with Crippen LogP contribution in [-0.4, -0.2) is 43.5 Å². The molecule has 1 saturated carbocycles. The summed E-state index contributed by atoms with van der Waals surface area (Å²) in [4.78, 5) is 14.1. The van der Waals surface area contributed by atoms with Gasteiger partial charge in [0, 0.05) is 20.1 Å². The monoisotopic (exact) mass is 211 g/mol. The number of carbonyl (C=O) groups is 1. The second-order valence-electron chi connectivity index (χ2n) is 4.83. The fraction of sp³-hybridized carbons (Fsp3) is 0.917. The van der Waals surface area contributed by atoms with Crippen LogP contribution in [0.15, 0.2) is 0 Å². The zero-order valence-electron chi connectivity index (χ0n) is 9.58. The molecule has 2 aliphatic rings. The molecule has 0 spiro atoms. The van der Waals surface area contributed by atoms with E-state index in [4.69, 9.17) is 4.74 Å². The molecule has 3 heteroatoms. The summed E-state index contributed by atoms with van der Waals surface area (Å²) in [6.45, 7) is 3.01. The first kappa shape index (κ1) is 11.1. The summed E-state index contributed by atoms with van der Waals surface area (Å²) in [5.41, 5.74) is 0. The number of rotatable bonds is 3. The van der Waals surface area contributed by atoms with Crippen LogP contribution in [0.25, 0.3) is 0 Å². The van der Waals surface area contributed by atoms with E-state index in [0.29, 0.717) is 11.7 Å². The molecule has 2 atom stereocenters. The van der Waals surface area contributed by atoms with Gasteiger partial charge in [0.15, 0.2) is 0 Å². The molecule has 0 radical (unpaired) electrons. The maximum absolute atomic E-state index is 11.7. The summed E-state index contributed by atoms with van der Waals surface area (Å²) in [5, 5.41) is 0. The molecular weight excluding hydrogens is 190 g/mol. The van der Waals surface area contributed by atoms with Gasteiger partial charge in [-0.2, -0.15) is 0 Å². The zero-order chi connectivity index (χ0) is 10.7. The average molecular weight is 211 g/mol. The van der Waals surface area contributed by atoms with E-state index in [2.05, 4.69) is 4.90 Å². The first-order chi connectivity index (χ1) is 7.31. The number of likely N-dealkylation sites (tertiary alicyclic amines) is 1. The van der Waals surface area contributed by atoms with Gasteiger partial charge in [-0.3, -0.25) is 9.69 Å². The molecule has 3 nitrogen and oxygen atoms in total. The lowest BCUT2D eigenvalue weighted by Gasteiger charge is -2.35. The number of hydrogen-bond acceptors (Lipinski definition) is 3. The Bertz CT molecular complexity index is 228. The van der Waals surface area contributed by atoms with Gasteiger partial charge >= 0.3 is 0 Å². The van der Waals surface area contributed by atoms with E-state index >= 15 is 0 Å². The van der Waals surface area contributed by atoms with Crippen molar-refractivity contribution in [1.82, 2.24) is 4.90 Å². The zero-order valence-corrected chi connectivity index (χ0v) is 9.58. The summed E-state index contributed by atoms with van der Waals surface area (Å²) in [5.74, 6) is 1.10. The molecular formula is C12H21NO2. The van der Waals surface area contributed by atoms with E-state index < -0.39 is 0 Å². The van der Waals surface area contributed by atoms with Gasteiger partial charge in [0.2, 0.25) is 0 Å². The molecule has 0 aromatic rings. The number of carbonyl (C=O) groups excluding carboxylic acids is 1. The smallest absolute Gasteiger partial charge is 0.149 e. The lowest BCUT2D eigenvalue weighted by Crippen LogP contribution is -2.45. The predicted octanol–water partition coefficient (Wildman–Crippen LogP) is 1.47. The average Bonchev–Trinajstić information content (AvgIpc) is 2.65. The van der Waals surface area contributed by atoms with Crippen molar-refractivity contribution in [3.05, 3.63) is 0 Å². The minimum Gasteiger partial charge on any atom is -0.384 e. The predicted molar refractivity (Wildman–Crippen MR) is 58.8 cm³/mol. The van der Waals surface area contributed by atoms with Gasteiger partial charge < -0.3 is 4.74 Å². The van der Waals surface area contributed by atoms with Crippen LogP contribution >= 0.6 is 0 Å². The van der Waals surface area contributed by atoms with E-state index in [0.717, 1.165) is 39.0 Å². The van der Waals surface area contributed by atoms with Crippen molar-refractivity contribution in [3.63, 3.8) is 0 Å². The van der Waals surface area contributed by atoms with E-state index in [1.165, 1.54) is 12.8 Å². The molecule has 15 heavy (non-hydrogen) atoms. The Morgan fingerprint density at radius 3 is 2.93 bits per heavy atom. The number of ketones is 1. The van der Waals surface area contributed by atoms with Gasteiger partial charge in [0.25, 0.3) is 0 Å². The fourth-order valence-corrected chi connectivity index (χ4v) is 2.94. The SMILES string of the molecule is COCC1CCCN(C2CCCC2=O)C1. The number of piperidine rings is 1. The Morgan fingerprint density at radius 2 is 2.27 bits per heavy atom. The van der Waals surface area contributed by atoms with Crippen molar-refractivity contribution in [2.45, 2.75) is 38.1 Å². The van der Waals surface area contributed by atoms with Gasteiger partial charge in [-0.25, -0.2) is 0 Å². The summed E-state index contributed by atoms with van der Waals surface area (Å²) < 4.78 is 5.21. The minimum atomic E-state index is 0.240. The van der Waals surface area contributed by atoms with Crippen LogP contribution < -0.4 is 0 Å². The van der Waals surface area contributed by atoms with Crippen LogP contribution in [0.4, 0.5) is 0 Å². The van der Waals surface area contributed by atoms with Gasteiger partial charge in [-0.1, -0.05) is 0 Å². The molecule has 1 aliphatic heterocycles. The molecule has 0 aromatic carbocycles. The van der Waals surface area contributed by atoms with Crippen molar-refractivity contribution in [2.24, 2.45) is 5.92 Å². The van der Waals surface area contributed by atoms with Crippen molar-refractivity contribution in [3.8, 4) is 0 Å². The van der Waals surface area contributed by atoms with Crippen LogP contribution in [0.1, 0.15) is 32.1 Å². The summed E-state index contributed by atoms with van der Waals surface area (Å²) in [7, 11) is 1.76. The molecule has 0 bridgehead atoms. The summed E-state index contributed by atoms with van der Waals surface area (Å²) in [6.07, 6.45) is 5.45. The van der Waals surface area contributed by atoms with E-state index in [1.54, 1.807) is 7.11 Å². The Balaban J connectivity index is 1.89. The first-order valence-corrected chi connectivity index (χ1v) is 6.07. The highest BCUT2D eigenvalue weighted by molar-refractivity contribution is 5.85. The maximum Gasteiger partial charge on any atom is 0.149 e. The normalized spacial score (nSPS) is 33.5. The van der Waals surface area contributed by atoms with Crippen LogP contribution in [0, 0.1) is 5.92 Å². The molecule has 0 amide bonds. The lowest BCUT2D eigenvalue weighted by molar-refractivity contribution is -0.122. The summed E-state index contributed by atoms with van der Waals surface area (Å²) >= 11 is 0. The van der Waals surface area contributed by atoms with Crippen LogP contribution in [0.3, 0.4) is 0 Å². The van der Waals surface area contributed by atoms with E-state index in [1.807, 2.05) is 0 Å². The number of hydrogen-bond donors (Lipinski definition) is 0. The maximum atomic E-state index is 11.7. The highest BCUT2D eigenvalue weighted by atomic mass is 16.5. The Kier molecular flexibility index (Phi) is 3.76. The molecule has 0 aromatic heterocycles. The Hall–Kier alpha value is -0.410. The molecule has 1 aliphatic carbocycles. The summed E-state index contributed by atoms with van der Waals surface area (Å²) in [6, 6.07) is 0.240. The second kappa shape index (κ2) is 5.08. The number of Topliss-reactive ketones (excluding diaryl/α,β-unsaturated/α-hetero) is 1. The third-order valence-corrected chi connectivity index (χ3v) is 3.67. The van der Waals surface area contributed by atoms with Gasteiger partial charge in [0.05, 0.1) is 12.6 Å². The number of nitrogens with zero attached hydrogens (tertiary/aromatic N) is 1. The third kappa shape index (κ3) is 2.58. The van der Waals surface area contributed by atoms with Crippen LogP contribution in [0.5, 0.6) is 0 Å². The van der Waals surface area contributed by atoms with Crippen molar-refractivity contribution in [2.75, 3.05) is 26.8 Å². The van der Waals surface area contributed by atoms with Gasteiger partial charge in [-0.05, 0) is 38.1 Å². The molecule has 1 heterocycles. The molecule has 2 rings (SSSR count). The molecule has 0 N–H and O–H groups in total. The van der Waals surface area contributed by atoms with Gasteiger partial charge in [0.1, 0.15) is 5.78 Å². The first-order valence-electron chi connectivity index (χ1n) is 6.07. The Morgan fingerprint density at radius 1 is 1.40 bits per heavy atom. The lowest BCUT2D eigenvalue weighted by atomic mass is 9.97. The quantitative estimate of drug-likeness (QED) is 0.708. The Labute approximate surface area is 91.8 Å². The van der Waals surface area contributed by atoms with Crippen LogP contribution in [0.2, 0.25) is 0 Å². The highest BCUT2D eigenvalue weighted by Gasteiger charge is 2.32. The van der Waals surface area contributed by atoms with E-state index in [9.17, 15) is 4.79 Å². The topological polar surface area (TPSA) is 29.5 Å². The number of methoxy groups -OCH3 is 1. The van der Waals surface area contributed by atoms with Crippen molar-refractivity contribution >= 4 is 5.78 Å². The van der Waals surface area contributed by atoms with Crippen LogP contribution in [-0.2, 0) is 9.53 Å². The molecule has 2 fully saturated rings. The molecule has 86 valence electrons.